The SMILES string of the molecule is CCN(CC)[C@@H](CNC(=O)CN1C(=O)N[C@@](C)(C2CC2)C1=O)Cc1ccccc1. The summed E-state index contributed by atoms with van der Waals surface area (Å²) in [5.74, 6) is -0.409. The molecule has 0 spiro atoms. The van der Waals surface area contributed by atoms with Gasteiger partial charge in [0.25, 0.3) is 5.91 Å². The smallest absolute Gasteiger partial charge is 0.325 e. The highest BCUT2D eigenvalue weighted by Crippen LogP contribution is 2.42. The predicted octanol–water partition coefficient (Wildman–Crippen LogP) is 1.78. The molecule has 2 atom stereocenters. The number of imide groups is 1. The van der Waals surface area contributed by atoms with Crippen molar-refractivity contribution in [1.82, 2.24) is 20.4 Å². The normalized spacial score (nSPS) is 22.7. The fraction of sp³-hybridized carbons (Fsp3) is 0.591. The Morgan fingerprint density at radius 2 is 1.90 bits per heavy atom. The van der Waals surface area contributed by atoms with Crippen LogP contribution in [-0.2, 0) is 16.0 Å². The van der Waals surface area contributed by atoms with Gasteiger partial charge in [0.2, 0.25) is 5.91 Å². The van der Waals surface area contributed by atoms with Gasteiger partial charge in [0.1, 0.15) is 12.1 Å². The van der Waals surface area contributed by atoms with Crippen LogP contribution < -0.4 is 10.6 Å². The molecule has 1 aliphatic heterocycles. The minimum absolute atomic E-state index is 0.149. The Kier molecular flexibility index (Phi) is 6.57. The largest absolute Gasteiger partial charge is 0.353 e. The Balaban J connectivity index is 1.58. The Hall–Kier alpha value is -2.41. The molecule has 7 nitrogen and oxygen atoms in total. The minimum Gasteiger partial charge on any atom is -0.353 e. The molecule has 7 heteroatoms. The number of hydrogen-bond acceptors (Lipinski definition) is 4. The predicted molar refractivity (Wildman–Crippen MR) is 111 cm³/mol. The topological polar surface area (TPSA) is 81.8 Å². The van der Waals surface area contributed by atoms with Crippen molar-refractivity contribution in [1.29, 1.82) is 0 Å². The van der Waals surface area contributed by atoms with Crippen molar-refractivity contribution in [2.45, 2.75) is 51.6 Å². The maximum Gasteiger partial charge on any atom is 0.325 e. The molecule has 0 radical (unpaired) electrons. The molecule has 2 fully saturated rings. The number of urea groups is 1. The molecule has 0 bridgehead atoms. The summed E-state index contributed by atoms with van der Waals surface area (Å²) in [7, 11) is 0. The Bertz CT molecular complexity index is 746. The molecule has 0 aromatic heterocycles. The standard InChI is InChI=1S/C22H32N4O3/c1-4-25(5-2)18(13-16-9-7-6-8-10-16)14-23-19(27)15-26-20(28)22(3,17-11-12-17)24-21(26)29/h6-10,17-18H,4-5,11-15H2,1-3H3,(H,23,27)(H,24,29)/t18-,22+/m1/s1. The number of rotatable bonds is 10. The molecular weight excluding hydrogens is 368 g/mol. The molecule has 1 heterocycles. The van der Waals surface area contributed by atoms with E-state index in [9.17, 15) is 14.4 Å². The van der Waals surface area contributed by atoms with Gasteiger partial charge in [-0.25, -0.2) is 4.79 Å². The third kappa shape index (κ3) is 4.78. The van der Waals surface area contributed by atoms with Crippen molar-refractivity contribution < 1.29 is 14.4 Å². The molecule has 3 rings (SSSR count). The lowest BCUT2D eigenvalue weighted by Crippen LogP contribution is -2.49. The number of hydrogen-bond donors (Lipinski definition) is 2. The maximum atomic E-state index is 12.7. The molecule has 4 amide bonds. The summed E-state index contributed by atoms with van der Waals surface area (Å²) in [4.78, 5) is 40.8. The van der Waals surface area contributed by atoms with Crippen molar-refractivity contribution in [3.63, 3.8) is 0 Å². The highest BCUT2D eigenvalue weighted by molar-refractivity contribution is 6.09. The monoisotopic (exact) mass is 400 g/mol. The van der Waals surface area contributed by atoms with E-state index in [4.69, 9.17) is 0 Å². The number of amides is 4. The highest BCUT2D eigenvalue weighted by atomic mass is 16.2. The summed E-state index contributed by atoms with van der Waals surface area (Å²) in [6.45, 7) is 7.99. The number of carbonyl (C=O) groups excluding carboxylic acids is 3. The Morgan fingerprint density at radius 3 is 2.48 bits per heavy atom. The van der Waals surface area contributed by atoms with Crippen molar-refractivity contribution in [3.8, 4) is 0 Å². The van der Waals surface area contributed by atoms with E-state index in [0.717, 1.165) is 37.3 Å². The first-order valence-corrected chi connectivity index (χ1v) is 10.6. The summed E-state index contributed by atoms with van der Waals surface area (Å²) in [5, 5.41) is 5.72. The van der Waals surface area contributed by atoms with Gasteiger partial charge in [-0.3, -0.25) is 19.4 Å². The second-order valence-electron chi connectivity index (χ2n) is 8.17. The summed E-state index contributed by atoms with van der Waals surface area (Å²) >= 11 is 0. The van der Waals surface area contributed by atoms with Gasteiger partial charge in [0.05, 0.1) is 0 Å². The zero-order valence-corrected chi connectivity index (χ0v) is 17.6. The number of nitrogens with one attached hydrogen (secondary N) is 2. The van der Waals surface area contributed by atoms with E-state index in [1.54, 1.807) is 6.92 Å². The van der Waals surface area contributed by atoms with Crippen LogP contribution in [0.4, 0.5) is 4.79 Å². The van der Waals surface area contributed by atoms with Crippen LogP contribution in [0.15, 0.2) is 30.3 Å². The van der Waals surface area contributed by atoms with E-state index in [-0.39, 0.29) is 30.3 Å². The lowest BCUT2D eigenvalue weighted by molar-refractivity contribution is -0.135. The van der Waals surface area contributed by atoms with E-state index in [1.165, 1.54) is 5.56 Å². The van der Waals surface area contributed by atoms with Crippen LogP contribution in [0, 0.1) is 5.92 Å². The van der Waals surface area contributed by atoms with Gasteiger partial charge >= 0.3 is 6.03 Å². The van der Waals surface area contributed by atoms with Crippen molar-refractivity contribution in [2.24, 2.45) is 5.92 Å². The van der Waals surface area contributed by atoms with E-state index in [1.807, 2.05) is 18.2 Å². The van der Waals surface area contributed by atoms with Crippen LogP contribution in [0.3, 0.4) is 0 Å². The van der Waals surface area contributed by atoms with Gasteiger partial charge in [-0.2, -0.15) is 0 Å². The van der Waals surface area contributed by atoms with Gasteiger partial charge in [-0.1, -0.05) is 44.2 Å². The maximum absolute atomic E-state index is 12.7. The summed E-state index contributed by atoms with van der Waals surface area (Å²) in [5.41, 5.74) is 0.363. The van der Waals surface area contributed by atoms with Crippen LogP contribution in [0.5, 0.6) is 0 Å². The molecule has 2 aliphatic rings. The lowest BCUT2D eigenvalue weighted by Gasteiger charge is -2.30. The molecule has 29 heavy (non-hydrogen) atoms. The second-order valence-corrected chi connectivity index (χ2v) is 8.17. The number of likely N-dealkylation sites (N-methyl/N-ethyl adjacent to an activating group) is 1. The fourth-order valence-electron chi connectivity index (χ4n) is 4.18. The van der Waals surface area contributed by atoms with E-state index in [2.05, 4.69) is 41.5 Å². The first kappa shape index (κ1) is 21.3. The number of benzene rings is 1. The zero-order valence-electron chi connectivity index (χ0n) is 17.6. The van der Waals surface area contributed by atoms with Crippen LogP contribution in [0.1, 0.15) is 39.2 Å². The van der Waals surface area contributed by atoms with Crippen LogP contribution in [-0.4, -0.2) is 65.4 Å². The number of carbonyl (C=O) groups is 3. The number of nitrogens with zero attached hydrogens (tertiary/aromatic N) is 2. The molecule has 1 saturated heterocycles. The van der Waals surface area contributed by atoms with Gasteiger partial charge in [-0.05, 0) is 50.8 Å². The molecule has 1 aliphatic carbocycles. The Morgan fingerprint density at radius 1 is 1.24 bits per heavy atom. The van der Waals surface area contributed by atoms with Crippen molar-refractivity contribution >= 4 is 17.8 Å². The van der Waals surface area contributed by atoms with Crippen LogP contribution >= 0.6 is 0 Å². The van der Waals surface area contributed by atoms with Gasteiger partial charge in [-0.15, -0.1) is 0 Å². The zero-order chi connectivity index (χ0) is 21.0. The molecule has 1 aromatic carbocycles. The molecule has 2 N–H and O–H groups in total. The van der Waals surface area contributed by atoms with Crippen molar-refractivity contribution in [2.75, 3.05) is 26.2 Å². The average molecular weight is 401 g/mol. The third-order valence-electron chi connectivity index (χ3n) is 6.17. The minimum atomic E-state index is -0.853. The average Bonchev–Trinajstić information content (AvgIpc) is 3.54. The lowest BCUT2D eigenvalue weighted by atomic mass is 9.96. The molecule has 0 unspecified atom stereocenters. The quantitative estimate of drug-likeness (QED) is 0.587. The fourth-order valence-corrected chi connectivity index (χ4v) is 4.18. The first-order valence-electron chi connectivity index (χ1n) is 10.6. The van der Waals surface area contributed by atoms with E-state index in [0.29, 0.717) is 6.54 Å². The highest BCUT2D eigenvalue weighted by Gasteiger charge is 2.56. The van der Waals surface area contributed by atoms with Crippen LogP contribution in [0.2, 0.25) is 0 Å². The summed E-state index contributed by atoms with van der Waals surface area (Å²) in [6, 6.07) is 9.88. The van der Waals surface area contributed by atoms with Gasteiger partial charge in [0.15, 0.2) is 0 Å². The summed E-state index contributed by atoms with van der Waals surface area (Å²) in [6.07, 6.45) is 2.70. The van der Waals surface area contributed by atoms with Gasteiger partial charge < -0.3 is 10.6 Å². The molecule has 1 aromatic rings. The molecule has 158 valence electrons. The van der Waals surface area contributed by atoms with E-state index < -0.39 is 11.6 Å². The first-order chi connectivity index (χ1) is 13.9. The van der Waals surface area contributed by atoms with Crippen molar-refractivity contribution in [3.05, 3.63) is 35.9 Å². The Labute approximate surface area is 172 Å². The van der Waals surface area contributed by atoms with Crippen LogP contribution in [0.25, 0.3) is 0 Å². The third-order valence-corrected chi connectivity index (χ3v) is 6.17. The van der Waals surface area contributed by atoms with E-state index >= 15 is 0 Å². The second kappa shape index (κ2) is 8.95. The molecule has 1 saturated carbocycles. The molecular formula is C22H32N4O3. The summed E-state index contributed by atoms with van der Waals surface area (Å²) < 4.78 is 0. The van der Waals surface area contributed by atoms with Gasteiger partial charge in [0, 0.05) is 12.6 Å².